The lowest BCUT2D eigenvalue weighted by atomic mass is 10.0. The summed E-state index contributed by atoms with van der Waals surface area (Å²) < 4.78 is 0. The van der Waals surface area contributed by atoms with Crippen molar-refractivity contribution in [2.45, 2.75) is 20.3 Å². The molecule has 1 aromatic heterocycles. The second kappa shape index (κ2) is 5.63. The predicted molar refractivity (Wildman–Crippen MR) is 89.1 cm³/mol. The highest BCUT2D eigenvalue weighted by Gasteiger charge is 2.14. The van der Waals surface area contributed by atoms with Gasteiger partial charge in [0.1, 0.15) is 5.15 Å². The number of aryl methyl sites for hydroxylation is 2. The second-order valence-electron chi connectivity index (χ2n) is 4.94. The molecule has 0 spiro atoms. The maximum absolute atomic E-state index is 6.35. The van der Waals surface area contributed by atoms with E-state index in [1.165, 1.54) is 5.56 Å². The Labute approximate surface area is 133 Å². The fourth-order valence-electron chi connectivity index (χ4n) is 2.46. The van der Waals surface area contributed by atoms with E-state index in [1.807, 2.05) is 37.3 Å². The fourth-order valence-corrected chi connectivity index (χ4v) is 3.02. The summed E-state index contributed by atoms with van der Waals surface area (Å²) in [5, 5.41) is 1.70. The molecule has 0 saturated carbocycles. The number of halogens is 2. The minimum Gasteiger partial charge on any atom is -0.228 e. The smallest absolute Gasteiger partial charge is 0.161 e. The van der Waals surface area contributed by atoms with Crippen molar-refractivity contribution in [2.24, 2.45) is 0 Å². The van der Waals surface area contributed by atoms with Gasteiger partial charge in [0.05, 0.1) is 15.9 Å². The summed E-state index contributed by atoms with van der Waals surface area (Å²) in [5.74, 6) is 0.648. The van der Waals surface area contributed by atoms with E-state index >= 15 is 0 Å². The third-order valence-corrected chi connectivity index (χ3v) is 4.18. The van der Waals surface area contributed by atoms with Crippen LogP contribution in [-0.4, -0.2) is 9.97 Å². The zero-order valence-corrected chi connectivity index (χ0v) is 13.3. The van der Waals surface area contributed by atoms with Crippen LogP contribution in [0.3, 0.4) is 0 Å². The molecule has 4 heteroatoms. The summed E-state index contributed by atoms with van der Waals surface area (Å²) in [4.78, 5) is 9.15. The van der Waals surface area contributed by atoms with Gasteiger partial charge < -0.3 is 0 Å². The molecular weight excluding hydrogens is 303 g/mol. The predicted octanol–water partition coefficient (Wildman–Crippen LogP) is 5.47. The Balaban J connectivity index is 2.33. The summed E-state index contributed by atoms with van der Waals surface area (Å²) in [5.41, 5.74) is 4.06. The molecule has 3 rings (SSSR count). The highest BCUT2D eigenvalue weighted by Crippen LogP contribution is 2.32. The molecule has 0 aliphatic heterocycles. The van der Waals surface area contributed by atoms with Gasteiger partial charge in [0, 0.05) is 5.56 Å². The van der Waals surface area contributed by atoms with E-state index in [9.17, 15) is 0 Å². The number of benzene rings is 2. The van der Waals surface area contributed by atoms with E-state index in [0.717, 1.165) is 28.5 Å². The molecular formula is C17H14Cl2N2. The molecule has 106 valence electrons. The van der Waals surface area contributed by atoms with Gasteiger partial charge in [0.2, 0.25) is 0 Å². The van der Waals surface area contributed by atoms with Gasteiger partial charge in [-0.15, -0.1) is 0 Å². The zero-order chi connectivity index (χ0) is 15.0. The van der Waals surface area contributed by atoms with Gasteiger partial charge in [-0.1, -0.05) is 60.5 Å². The van der Waals surface area contributed by atoms with Crippen molar-refractivity contribution in [3.63, 3.8) is 0 Å². The SMILES string of the molecule is CCc1ccccc1-c1nc(Cl)c2c(Cl)ccc(C)c2n1. The van der Waals surface area contributed by atoms with Crippen LogP contribution in [0.2, 0.25) is 10.2 Å². The largest absolute Gasteiger partial charge is 0.228 e. The first-order valence-corrected chi connectivity index (χ1v) is 7.58. The number of hydrogen-bond donors (Lipinski definition) is 0. The molecule has 1 heterocycles. The highest BCUT2D eigenvalue weighted by atomic mass is 35.5. The van der Waals surface area contributed by atoms with Gasteiger partial charge >= 0.3 is 0 Å². The van der Waals surface area contributed by atoms with Crippen LogP contribution in [0, 0.1) is 6.92 Å². The molecule has 0 unspecified atom stereocenters. The third-order valence-electron chi connectivity index (χ3n) is 3.60. The van der Waals surface area contributed by atoms with Crippen LogP contribution in [0.1, 0.15) is 18.1 Å². The van der Waals surface area contributed by atoms with Crippen LogP contribution in [0.4, 0.5) is 0 Å². The number of hydrogen-bond acceptors (Lipinski definition) is 2. The van der Waals surface area contributed by atoms with Crippen molar-refractivity contribution in [3.8, 4) is 11.4 Å². The van der Waals surface area contributed by atoms with Gasteiger partial charge in [0.25, 0.3) is 0 Å². The Kier molecular flexibility index (Phi) is 3.83. The van der Waals surface area contributed by atoms with Crippen LogP contribution >= 0.6 is 23.2 Å². The topological polar surface area (TPSA) is 25.8 Å². The minimum absolute atomic E-state index is 0.398. The van der Waals surface area contributed by atoms with Crippen molar-refractivity contribution < 1.29 is 0 Å². The van der Waals surface area contributed by atoms with Crippen LogP contribution in [0.15, 0.2) is 36.4 Å². The Hall–Kier alpha value is -1.64. The maximum Gasteiger partial charge on any atom is 0.161 e. The Morgan fingerprint density at radius 3 is 2.52 bits per heavy atom. The fraction of sp³-hybridized carbons (Fsp3) is 0.176. The monoisotopic (exact) mass is 316 g/mol. The normalized spacial score (nSPS) is 11.0. The molecule has 0 aliphatic carbocycles. The summed E-state index contributed by atoms with van der Waals surface area (Å²) in [6.45, 7) is 4.11. The lowest BCUT2D eigenvalue weighted by molar-refractivity contribution is 1.12. The number of fused-ring (bicyclic) bond motifs is 1. The number of rotatable bonds is 2. The number of nitrogens with zero attached hydrogens (tertiary/aromatic N) is 2. The standard InChI is InChI=1S/C17H14Cl2N2/c1-3-11-6-4-5-7-12(11)17-20-15-10(2)8-9-13(18)14(15)16(19)21-17/h4-9H,3H2,1-2H3. The third kappa shape index (κ3) is 2.50. The Bertz CT molecular complexity index is 828. The summed E-state index contributed by atoms with van der Waals surface area (Å²) in [6.07, 6.45) is 0.920. The van der Waals surface area contributed by atoms with Crippen molar-refractivity contribution in [3.05, 3.63) is 57.7 Å². The molecule has 0 N–H and O–H groups in total. The van der Waals surface area contributed by atoms with Crippen LogP contribution in [-0.2, 0) is 6.42 Å². The Morgan fingerprint density at radius 2 is 1.76 bits per heavy atom. The maximum atomic E-state index is 6.35. The summed E-state index contributed by atoms with van der Waals surface area (Å²) >= 11 is 12.6. The molecule has 0 bridgehead atoms. The number of aromatic nitrogens is 2. The quantitative estimate of drug-likeness (QED) is 0.585. The van der Waals surface area contributed by atoms with Gasteiger partial charge in [-0.25, -0.2) is 9.97 Å². The van der Waals surface area contributed by atoms with Gasteiger partial charge in [0.15, 0.2) is 5.82 Å². The van der Waals surface area contributed by atoms with Crippen LogP contribution in [0.5, 0.6) is 0 Å². The highest BCUT2D eigenvalue weighted by molar-refractivity contribution is 6.41. The lowest BCUT2D eigenvalue weighted by Gasteiger charge is -2.10. The molecule has 0 fully saturated rings. The average molecular weight is 317 g/mol. The first-order valence-electron chi connectivity index (χ1n) is 6.82. The lowest BCUT2D eigenvalue weighted by Crippen LogP contribution is -1.97. The van der Waals surface area contributed by atoms with E-state index in [0.29, 0.717) is 16.0 Å². The van der Waals surface area contributed by atoms with Crippen molar-refractivity contribution in [1.82, 2.24) is 9.97 Å². The molecule has 3 aromatic rings. The molecule has 0 amide bonds. The molecule has 0 saturated heterocycles. The summed E-state index contributed by atoms with van der Waals surface area (Å²) in [6, 6.07) is 11.9. The van der Waals surface area contributed by atoms with E-state index in [-0.39, 0.29) is 0 Å². The minimum atomic E-state index is 0.398. The van der Waals surface area contributed by atoms with Crippen LogP contribution < -0.4 is 0 Å². The van der Waals surface area contributed by atoms with E-state index in [4.69, 9.17) is 28.2 Å². The van der Waals surface area contributed by atoms with Crippen LogP contribution in [0.25, 0.3) is 22.3 Å². The Morgan fingerprint density at radius 1 is 1.00 bits per heavy atom. The first-order chi connectivity index (χ1) is 10.1. The van der Waals surface area contributed by atoms with Gasteiger partial charge in [-0.2, -0.15) is 0 Å². The van der Waals surface area contributed by atoms with Gasteiger partial charge in [-0.3, -0.25) is 0 Å². The van der Waals surface area contributed by atoms with Crippen molar-refractivity contribution >= 4 is 34.1 Å². The average Bonchev–Trinajstić information content (AvgIpc) is 2.50. The second-order valence-corrected chi connectivity index (χ2v) is 5.70. The zero-order valence-electron chi connectivity index (χ0n) is 11.8. The van der Waals surface area contributed by atoms with Gasteiger partial charge in [-0.05, 0) is 30.5 Å². The van der Waals surface area contributed by atoms with E-state index < -0.39 is 0 Å². The molecule has 2 nitrogen and oxygen atoms in total. The molecule has 0 radical (unpaired) electrons. The van der Waals surface area contributed by atoms with E-state index in [2.05, 4.69) is 18.0 Å². The van der Waals surface area contributed by atoms with E-state index in [1.54, 1.807) is 0 Å². The molecule has 0 atom stereocenters. The van der Waals surface area contributed by atoms with Crippen molar-refractivity contribution in [2.75, 3.05) is 0 Å². The molecule has 2 aromatic carbocycles. The molecule has 0 aliphatic rings. The first kappa shape index (κ1) is 14.3. The summed E-state index contributed by atoms with van der Waals surface area (Å²) in [7, 11) is 0. The molecule has 21 heavy (non-hydrogen) atoms. The van der Waals surface area contributed by atoms with Crippen molar-refractivity contribution in [1.29, 1.82) is 0 Å².